The number of nitrogens with two attached hydrogens (primary N) is 2. The summed E-state index contributed by atoms with van der Waals surface area (Å²) < 4.78 is 0. The van der Waals surface area contributed by atoms with Gasteiger partial charge in [-0.2, -0.15) is 0 Å². The summed E-state index contributed by atoms with van der Waals surface area (Å²) in [6, 6.07) is 6.51. The van der Waals surface area contributed by atoms with Crippen molar-refractivity contribution in [1.82, 2.24) is 4.98 Å². The van der Waals surface area contributed by atoms with Crippen molar-refractivity contribution in [1.29, 1.82) is 0 Å². The Kier molecular flexibility index (Phi) is 1.48. The van der Waals surface area contributed by atoms with E-state index in [1.54, 1.807) is 18.2 Å². The first-order valence-corrected chi connectivity index (χ1v) is 3.85. The maximum atomic E-state index is 11.0. The van der Waals surface area contributed by atoms with Gasteiger partial charge in [-0.15, -0.1) is 0 Å². The van der Waals surface area contributed by atoms with Gasteiger partial charge in [-0.05, 0) is 18.2 Å². The maximum Gasteiger partial charge on any atom is 0.248 e. The molecule has 0 aliphatic carbocycles. The molecule has 0 atom stereocenters. The van der Waals surface area contributed by atoms with Crippen LogP contribution in [0, 0.1) is 0 Å². The van der Waals surface area contributed by atoms with Gasteiger partial charge in [0.1, 0.15) is 0 Å². The molecule has 0 radical (unpaired) electrons. The summed E-state index contributed by atoms with van der Waals surface area (Å²) in [6.45, 7) is 0. The van der Waals surface area contributed by atoms with Crippen molar-refractivity contribution in [2.75, 3.05) is 11.5 Å². The van der Waals surface area contributed by atoms with Crippen LogP contribution < -0.4 is 17.0 Å². The quantitative estimate of drug-likeness (QED) is 0.515. The minimum atomic E-state index is -0.142. The summed E-state index contributed by atoms with van der Waals surface area (Å²) in [4.78, 5) is 13.6. The summed E-state index contributed by atoms with van der Waals surface area (Å²) >= 11 is 0. The first-order chi connectivity index (χ1) is 6.18. The normalized spacial score (nSPS) is 10.5. The van der Waals surface area contributed by atoms with Gasteiger partial charge in [-0.3, -0.25) is 4.79 Å². The third kappa shape index (κ3) is 1.12. The Hall–Kier alpha value is -1.97. The molecule has 2 rings (SSSR count). The van der Waals surface area contributed by atoms with Gasteiger partial charge in [-0.25, -0.2) is 0 Å². The van der Waals surface area contributed by atoms with Crippen LogP contribution in [0.2, 0.25) is 0 Å². The molecule has 66 valence electrons. The van der Waals surface area contributed by atoms with E-state index < -0.39 is 0 Å². The molecule has 0 saturated heterocycles. The molecule has 1 aromatic carbocycles. The molecule has 13 heavy (non-hydrogen) atoms. The van der Waals surface area contributed by atoms with Crippen LogP contribution in [-0.4, -0.2) is 4.98 Å². The van der Waals surface area contributed by atoms with Gasteiger partial charge in [0.25, 0.3) is 0 Å². The molecule has 2 aromatic rings. The Balaban J connectivity index is 2.95. The molecule has 0 amide bonds. The first-order valence-electron chi connectivity index (χ1n) is 3.85. The molecule has 0 bridgehead atoms. The molecule has 0 saturated carbocycles. The number of hydrogen-bond donors (Lipinski definition) is 3. The number of hydrogen-bond acceptors (Lipinski definition) is 3. The maximum absolute atomic E-state index is 11.0. The smallest absolute Gasteiger partial charge is 0.248 e. The highest BCUT2D eigenvalue weighted by Gasteiger charge is 2.00. The average Bonchev–Trinajstić information content (AvgIpc) is 2.12. The van der Waals surface area contributed by atoms with Crippen LogP contribution in [0.5, 0.6) is 0 Å². The number of anilines is 2. The molecule has 5 N–H and O–H groups in total. The number of fused-ring (bicyclic) bond motifs is 1. The predicted octanol–water partition coefficient (Wildman–Crippen LogP) is 0.693. The van der Waals surface area contributed by atoms with Gasteiger partial charge < -0.3 is 16.5 Å². The topological polar surface area (TPSA) is 84.9 Å². The fourth-order valence-electron chi connectivity index (χ4n) is 1.28. The van der Waals surface area contributed by atoms with Gasteiger partial charge in [0.15, 0.2) is 0 Å². The Labute approximate surface area is 74.2 Å². The van der Waals surface area contributed by atoms with Crippen molar-refractivity contribution in [3.05, 3.63) is 34.6 Å². The highest BCUT2D eigenvalue weighted by molar-refractivity contribution is 5.95. The summed E-state index contributed by atoms with van der Waals surface area (Å²) in [5.74, 6) is 0. The summed E-state index contributed by atoms with van der Waals surface area (Å²) in [7, 11) is 0. The SMILES string of the molecule is Nc1ccc2[nH]c(=O)ccc2c1N. The Morgan fingerprint density at radius 3 is 2.62 bits per heavy atom. The van der Waals surface area contributed by atoms with E-state index in [0.29, 0.717) is 16.9 Å². The van der Waals surface area contributed by atoms with Crippen LogP contribution in [0.25, 0.3) is 10.9 Å². The molecule has 0 fully saturated rings. The zero-order valence-electron chi connectivity index (χ0n) is 6.87. The van der Waals surface area contributed by atoms with E-state index in [-0.39, 0.29) is 5.56 Å². The number of aromatic nitrogens is 1. The van der Waals surface area contributed by atoms with Crippen molar-refractivity contribution < 1.29 is 0 Å². The Morgan fingerprint density at radius 2 is 1.85 bits per heavy atom. The Bertz CT molecular complexity index is 516. The molecule has 0 aliphatic rings. The summed E-state index contributed by atoms with van der Waals surface area (Å²) in [6.07, 6.45) is 0. The lowest BCUT2D eigenvalue weighted by Crippen LogP contribution is -2.04. The van der Waals surface area contributed by atoms with Crippen molar-refractivity contribution in [3.8, 4) is 0 Å². The second-order valence-electron chi connectivity index (χ2n) is 2.85. The van der Waals surface area contributed by atoms with Gasteiger partial charge in [0.05, 0.1) is 16.9 Å². The summed E-state index contributed by atoms with van der Waals surface area (Å²) in [5.41, 5.74) is 12.9. The molecule has 1 heterocycles. The van der Waals surface area contributed by atoms with Crippen LogP contribution in [0.15, 0.2) is 29.1 Å². The van der Waals surface area contributed by atoms with E-state index in [1.165, 1.54) is 6.07 Å². The zero-order valence-corrected chi connectivity index (χ0v) is 6.87. The van der Waals surface area contributed by atoms with E-state index in [4.69, 9.17) is 11.5 Å². The number of pyridine rings is 1. The lowest BCUT2D eigenvalue weighted by molar-refractivity contribution is 1.31. The number of rotatable bonds is 0. The molecule has 1 aromatic heterocycles. The van der Waals surface area contributed by atoms with Gasteiger partial charge in [0, 0.05) is 11.5 Å². The standard InChI is InChI=1S/C9H9N3O/c10-6-2-3-7-5(9(6)11)1-4-8(13)12-7/h1-4H,10-11H2,(H,12,13). The average molecular weight is 175 g/mol. The largest absolute Gasteiger partial charge is 0.397 e. The molecule has 4 heteroatoms. The van der Waals surface area contributed by atoms with Crippen molar-refractivity contribution in [2.24, 2.45) is 0 Å². The second kappa shape index (κ2) is 2.52. The van der Waals surface area contributed by atoms with E-state index >= 15 is 0 Å². The van der Waals surface area contributed by atoms with E-state index in [1.807, 2.05) is 0 Å². The number of nitrogen functional groups attached to an aromatic ring is 2. The molecule has 0 aliphatic heterocycles. The molecular weight excluding hydrogens is 166 g/mol. The fraction of sp³-hybridized carbons (Fsp3) is 0. The predicted molar refractivity (Wildman–Crippen MR) is 53.4 cm³/mol. The minimum absolute atomic E-state index is 0.142. The lowest BCUT2D eigenvalue weighted by Gasteiger charge is -2.03. The van der Waals surface area contributed by atoms with Crippen LogP contribution >= 0.6 is 0 Å². The first kappa shape index (κ1) is 7.67. The lowest BCUT2D eigenvalue weighted by atomic mass is 10.1. The van der Waals surface area contributed by atoms with E-state index in [0.717, 1.165) is 5.39 Å². The van der Waals surface area contributed by atoms with Gasteiger partial charge >= 0.3 is 0 Å². The van der Waals surface area contributed by atoms with E-state index in [2.05, 4.69) is 4.98 Å². The zero-order chi connectivity index (χ0) is 9.42. The van der Waals surface area contributed by atoms with E-state index in [9.17, 15) is 4.79 Å². The summed E-state index contributed by atoms with van der Waals surface area (Å²) in [5, 5.41) is 0.777. The minimum Gasteiger partial charge on any atom is -0.397 e. The highest BCUT2D eigenvalue weighted by Crippen LogP contribution is 2.23. The van der Waals surface area contributed by atoms with Crippen LogP contribution in [0.3, 0.4) is 0 Å². The fourth-order valence-corrected chi connectivity index (χ4v) is 1.28. The van der Waals surface area contributed by atoms with Crippen molar-refractivity contribution in [3.63, 3.8) is 0 Å². The van der Waals surface area contributed by atoms with Gasteiger partial charge in [0.2, 0.25) is 5.56 Å². The number of aromatic amines is 1. The van der Waals surface area contributed by atoms with Crippen LogP contribution in [0.4, 0.5) is 11.4 Å². The van der Waals surface area contributed by atoms with Crippen LogP contribution in [-0.2, 0) is 0 Å². The third-order valence-corrected chi connectivity index (χ3v) is 1.98. The monoisotopic (exact) mass is 175 g/mol. The number of nitrogens with one attached hydrogen (secondary N) is 1. The van der Waals surface area contributed by atoms with Gasteiger partial charge in [-0.1, -0.05) is 0 Å². The van der Waals surface area contributed by atoms with Crippen molar-refractivity contribution in [2.45, 2.75) is 0 Å². The Morgan fingerprint density at radius 1 is 1.08 bits per heavy atom. The van der Waals surface area contributed by atoms with Crippen molar-refractivity contribution >= 4 is 22.3 Å². The molecular formula is C9H9N3O. The molecule has 4 nitrogen and oxygen atoms in total. The highest BCUT2D eigenvalue weighted by atomic mass is 16.1. The second-order valence-corrected chi connectivity index (χ2v) is 2.85. The molecule has 0 unspecified atom stereocenters. The van der Waals surface area contributed by atoms with Crippen LogP contribution in [0.1, 0.15) is 0 Å². The number of H-pyrrole nitrogens is 1. The number of benzene rings is 1. The molecule has 0 spiro atoms. The third-order valence-electron chi connectivity index (χ3n) is 1.98.